The summed E-state index contributed by atoms with van der Waals surface area (Å²) in [5.41, 5.74) is 4.23. The first-order valence-electron chi connectivity index (χ1n) is 9.88. The third kappa shape index (κ3) is 3.85. The number of hydrogen-bond donors (Lipinski definition) is 1. The standard InChI is InChI=1S/C23H19N5O2S/c1-15-5-10-18-19(14-15)31-22(25-18)16-6-8-17(9-7-16)24-21(29)11-13-28-23(30)27-12-3-2-4-20(27)26-28/h2-10,12,14H,11,13H2,1H3,(H,24,29). The van der Waals surface area contributed by atoms with Gasteiger partial charge in [-0.1, -0.05) is 12.1 Å². The second-order valence-electron chi connectivity index (χ2n) is 7.30. The van der Waals surface area contributed by atoms with Crippen molar-refractivity contribution in [3.05, 3.63) is 82.9 Å². The number of fused-ring (bicyclic) bond motifs is 2. The normalized spacial score (nSPS) is 11.3. The van der Waals surface area contributed by atoms with Crippen molar-refractivity contribution in [3.63, 3.8) is 0 Å². The lowest BCUT2D eigenvalue weighted by atomic mass is 10.2. The number of carbonyl (C=O) groups excluding carboxylic acids is 1. The molecule has 3 aromatic heterocycles. The molecular formula is C23H19N5O2S. The average Bonchev–Trinajstić information content (AvgIpc) is 3.33. The number of pyridine rings is 1. The summed E-state index contributed by atoms with van der Waals surface area (Å²) in [6.45, 7) is 2.29. The molecule has 0 unspecified atom stereocenters. The van der Waals surface area contributed by atoms with Gasteiger partial charge in [0.05, 0.1) is 16.8 Å². The van der Waals surface area contributed by atoms with E-state index in [9.17, 15) is 9.59 Å². The van der Waals surface area contributed by atoms with Gasteiger partial charge in [-0.05, 0) is 61.0 Å². The Morgan fingerprint density at radius 1 is 1.10 bits per heavy atom. The van der Waals surface area contributed by atoms with E-state index in [1.165, 1.54) is 14.6 Å². The molecule has 0 spiro atoms. The Balaban J connectivity index is 1.25. The van der Waals surface area contributed by atoms with Crippen molar-refractivity contribution in [2.45, 2.75) is 19.9 Å². The Labute approximate surface area is 181 Å². The van der Waals surface area contributed by atoms with Crippen LogP contribution in [0.1, 0.15) is 12.0 Å². The lowest BCUT2D eigenvalue weighted by Gasteiger charge is -2.05. The largest absolute Gasteiger partial charge is 0.350 e. The highest BCUT2D eigenvalue weighted by molar-refractivity contribution is 7.21. The van der Waals surface area contributed by atoms with E-state index in [2.05, 4.69) is 29.5 Å². The molecule has 0 radical (unpaired) electrons. The van der Waals surface area contributed by atoms with Crippen molar-refractivity contribution in [3.8, 4) is 10.6 Å². The number of nitrogens with zero attached hydrogens (tertiary/aromatic N) is 4. The topological polar surface area (TPSA) is 81.3 Å². The highest BCUT2D eigenvalue weighted by atomic mass is 32.1. The summed E-state index contributed by atoms with van der Waals surface area (Å²) in [5.74, 6) is -0.174. The van der Waals surface area contributed by atoms with Crippen molar-refractivity contribution in [1.82, 2.24) is 19.2 Å². The van der Waals surface area contributed by atoms with Gasteiger partial charge >= 0.3 is 5.69 Å². The second kappa shape index (κ2) is 7.81. The van der Waals surface area contributed by atoms with Gasteiger partial charge in [0.15, 0.2) is 5.65 Å². The van der Waals surface area contributed by atoms with Crippen LogP contribution in [0, 0.1) is 6.92 Å². The summed E-state index contributed by atoms with van der Waals surface area (Å²) in [6, 6.07) is 19.2. The molecule has 154 valence electrons. The van der Waals surface area contributed by atoms with Crippen molar-refractivity contribution >= 4 is 38.8 Å². The van der Waals surface area contributed by atoms with E-state index >= 15 is 0 Å². The van der Waals surface area contributed by atoms with Crippen LogP contribution in [0.5, 0.6) is 0 Å². The molecule has 0 saturated carbocycles. The van der Waals surface area contributed by atoms with Gasteiger partial charge in [0.1, 0.15) is 5.01 Å². The van der Waals surface area contributed by atoms with Crippen molar-refractivity contribution in [2.24, 2.45) is 0 Å². The van der Waals surface area contributed by atoms with Crippen LogP contribution in [0.3, 0.4) is 0 Å². The van der Waals surface area contributed by atoms with E-state index in [-0.39, 0.29) is 24.6 Å². The van der Waals surface area contributed by atoms with Gasteiger partial charge in [-0.3, -0.25) is 9.20 Å². The molecule has 7 nitrogen and oxygen atoms in total. The van der Waals surface area contributed by atoms with Gasteiger partial charge < -0.3 is 5.32 Å². The first kappa shape index (κ1) is 19.2. The fourth-order valence-corrected chi connectivity index (χ4v) is 4.47. The molecule has 1 N–H and O–H groups in total. The van der Waals surface area contributed by atoms with Gasteiger partial charge in [-0.15, -0.1) is 16.4 Å². The van der Waals surface area contributed by atoms with Gasteiger partial charge in [0.2, 0.25) is 5.91 Å². The quantitative estimate of drug-likeness (QED) is 0.456. The zero-order valence-corrected chi connectivity index (χ0v) is 17.6. The number of rotatable bonds is 5. The Morgan fingerprint density at radius 3 is 2.74 bits per heavy atom. The lowest BCUT2D eigenvalue weighted by molar-refractivity contribution is -0.116. The predicted molar refractivity (Wildman–Crippen MR) is 122 cm³/mol. The summed E-state index contributed by atoms with van der Waals surface area (Å²) in [5, 5.41) is 8.06. The lowest BCUT2D eigenvalue weighted by Crippen LogP contribution is -2.24. The minimum Gasteiger partial charge on any atom is -0.326 e. The number of benzene rings is 2. The molecule has 0 bridgehead atoms. The number of amides is 1. The number of hydrogen-bond acceptors (Lipinski definition) is 5. The maximum atomic E-state index is 12.3. The van der Waals surface area contributed by atoms with Gasteiger partial charge in [0.25, 0.3) is 0 Å². The van der Waals surface area contributed by atoms with Crippen LogP contribution in [-0.2, 0) is 11.3 Å². The summed E-state index contributed by atoms with van der Waals surface area (Å²) in [4.78, 5) is 29.3. The van der Waals surface area contributed by atoms with Crippen LogP contribution >= 0.6 is 11.3 Å². The van der Waals surface area contributed by atoms with Crippen molar-refractivity contribution in [1.29, 1.82) is 0 Å². The third-order valence-electron chi connectivity index (χ3n) is 5.00. The molecule has 2 aromatic carbocycles. The molecule has 0 fully saturated rings. The van der Waals surface area contributed by atoms with E-state index in [4.69, 9.17) is 4.98 Å². The van der Waals surface area contributed by atoms with Gasteiger partial charge in [-0.25, -0.2) is 14.5 Å². The number of aryl methyl sites for hydroxylation is 2. The number of anilines is 1. The van der Waals surface area contributed by atoms with Gasteiger partial charge in [0, 0.05) is 23.9 Å². The first-order chi connectivity index (χ1) is 15.1. The Morgan fingerprint density at radius 2 is 1.94 bits per heavy atom. The van der Waals surface area contributed by atoms with Crippen LogP contribution in [0.15, 0.2) is 71.7 Å². The number of nitrogens with one attached hydrogen (secondary N) is 1. The van der Waals surface area contributed by atoms with E-state index in [1.54, 1.807) is 29.7 Å². The average molecular weight is 430 g/mol. The van der Waals surface area contributed by atoms with Crippen LogP contribution < -0.4 is 11.0 Å². The molecule has 31 heavy (non-hydrogen) atoms. The smallest absolute Gasteiger partial charge is 0.326 e. The van der Waals surface area contributed by atoms with E-state index in [0.29, 0.717) is 11.3 Å². The molecule has 0 aliphatic rings. The van der Waals surface area contributed by atoms with Crippen molar-refractivity contribution < 1.29 is 4.79 Å². The monoisotopic (exact) mass is 429 g/mol. The van der Waals surface area contributed by atoms with Crippen LogP contribution in [-0.4, -0.2) is 25.1 Å². The summed E-state index contributed by atoms with van der Waals surface area (Å²) in [7, 11) is 0. The van der Waals surface area contributed by atoms with Crippen LogP contribution in [0.2, 0.25) is 0 Å². The zero-order chi connectivity index (χ0) is 21.4. The maximum Gasteiger partial charge on any atom is 0.350 e. The fourth-order valence-electron chi connectivity index (χ4n) is 3.40. The molecule has 0 aliphatic heterocycles. The molecule has 1 amide bonds. The Kier molecular flexibility index (Phi) is 4.83. The predicted octanol–water partition coefficient (Wildman–Crippen LogP) is 4.11. The molecule has 5 rings (SSSR count). The highest BCUT2D eigenvalue weighted by Crippen LogP contribution is 2.31. The molecular weight excluding hydrogens is 410 g/mol. The highest BCUT2D eigenvalue weighted by Gasteiger charge is 2.10. The molecule has 0 saturated heterocycles. The molecule has 8 heteroatoms. The number of aromatic nitrogens is 4. The molecule has 0 aliphatic carbocycles. The maximum absolute atomic E-state index is 12.3. The SMILES string of the molecule is Cc1ccc2nc(-c3ccc(NC(=O)CCn4nc5ccccn5c4=O)cc3)sc2c1. The van der Waals surface area contributed by atoms with Crippen LogP contribution in [0.4, 0.5) is 5.69 Å². The minimum absolute atomic E-state index is 0.156. The number of thiazole rings is 1. The van der Waals surface area contributed by atoms with Crippen LogP contribution in [0.25, 0.3) is 26.4 Å². The third-order valence-corrected chi connectivity index (χ3v) is 6.07. The summed E-state index contributed by atoms with van der Waals surface area (Å²) < 4.78 is 3.93. The van der Waals surface area contributed by atoms with Gasteiger partial charge in [-0.2, -0.15) is 0 Å². The van der Waals surface area contributed by atoms with E-state index in [1.807, 2.05) is 36.4 Å². The molecule has 3 heterocycles. The summed E-state index contributed by atoms with van der Waals surface area (Å²) >= 11 is 1.65. The minimum atomic E-state index is -0.251. The number of carbonyl (C=O) groups is 1. The first-order valence-corrected chi connectivity index (χ1v) is 10.7. The van der Waals surface area contributed by atoms with E-state index in [0.717, 1.165) is 20.8 Å². The second-order valence-corrected chi connectivity index (χ2v) is 8.33. The zero-order valence-electron chi connectivity index (χ0n) is 16.8. The fraction of sp³-hybridized carbons (Fsp3) is 0.130. The molecule has 0 atom stereocenters. The van der Waals surface area contributed by atoms with Crippen molar-refractivity contribution in [2.75, 3.05) is 5.32 Å². The Bertz CT molecular complexity index is 1460. The Hall–Kier alpha value is -3.78. The van der Waals surface area contributed by atoms with E-state index < -0.39 is 0 Å². The summed E-state index contributed by atoms with van der Waals surface area (Å²) in [6.07, 6.45) is 1.82. The molecule has 5 aromatic rings.